The summed E-state index contributed by atoms with van der Waals surface area (Å²) < 4.78 is 39.8. The van der Waals surface area contributed by atoms with E-state index in [1.807, 2.05) is 59.8 Å². The van der Waals surface area contributed by atoms with Crippen LogP contribution in [0.5, 0.6) is 0 Å². The topological polar surface area (TPSA) is 51.7 Å². The van der Waals surface area contributed by atoms with Crippen LogP contribution in [0.3, 0.4) is 0 Å². The molecule has 6 nitrogen and oxygen atoms in total. The van der Waals surface area contributed by atoms with Gasteiger partial charge in [0.1, 0.15) is 0 Å². The summed E-state index contributed by atoms with van der Waals surface area (Å²) in [5.74, 6) is 0.314. The van der Waals surface area contributed by atoms with E-state index < -0.39 is 11.7 Å². The largest absolute Gasteiger partial charge is 0.416 e. The van der Waals surface area contributed by atoms with Gasteiger partial charge in [0.05, 0.1) is 11.3 Å². The number of carbonyl (C=O) groups excluding carboxylic acids is 1. The Morgan fingerprint density at radius 2 is 1.79 bits per heavy atom. The fourth-order valence-electron chi connectivity index (χ4n) is 6.13. The number of hydrogen-bond acceptors (Lipinski definition) is 6. The van der Waals surface area contributed by atoms with Crippen molar-refractivity contribution in [1.82, 2.24) is 14.8 Å². The first-order valence-corrected chi connectivity index (χ1v) is 15.7. The number of aromatic nitrogens is 1. The maximum atomic E-state index is 13.3. The monoisotopic (exact) mass is 597 g/mol. The van der Waals surface area contributed by atoms with E-state index in [1.165, 1.54) is 12.1 Å². The molecule has 0 spiro atoms. The number of nitrogens with zero attached hydrogens (tertiary/aromatic N) is 4. The Balaban J connectivity index is 1.22. The molecule has 1 N–H and O–H groups in total. The van der Waals surface area contributed by atoms with E-state index in [2.05, 4.69) is 20.1 Å². The molecule has 2 atom stereocenters. The van der Waals surface area contributed by atoms with Crippen LogP contribution in [0, 0.1) is 5.92 Å². The molecule has 3 aromatic rings. The summed E-state index contributed by atoms with van der Waals surface area (Å²) in [6.07, 6.45) is 1.69. The number of piperazine rings is 1. The van der Waals surface area contributed by atoms with Crippen molar-refractivity contribution in [3.63, 3.8) is 0 Å². The normalized spacial score (nSPS) is 20.4. The van der Waals surface area contributed by atoms with Crippen LogP contribution < -0.4 is 10.2 Å². The van der Waals surface area contributed by atoms with Gasteiger partial charge in [-0.3, -0.25) is 19.6 Å². The smallest absolute Gasteiger partial charge is 0.369 e. The van der Waals surface area contributed by atoms with Crippen LogP contribution in [0.15, 0.2) is 77.8 Å². The predicted octanol–water partition coefficient (Wildman–Crippen LogP) is 6.25. The Morgan fingerprint density at radius 3 is 2.48 bits per heavy atom. The van der Waals surface area contributed by atoms with Crippen molar-refractivity contribution in [3.8, 4) is 0 Å². The minimum Gasteiger partial charge on any atom is -0.369 e. The maximum Gasteiger partial charge on any atom is 0.416 e. The lowest BCUT2D eigenvalue weighted by molar-refractivity contribution is -0.137. The van der Waals surface area contributed by atoms with Crippen LogP contribution in [-0.2, 0) is 17.5 Å². The maximum absolute atomic E-state index is 13.3. The molecular formula is C32H38F3N5OS. The third-order valence-electron chi connectivity index (χ3n) is 8.33. The van der Waals surface area contributed by atoms with Crippen molar-refractivity contribution in [1.29, 1.82) is 0 Å². The zero-order valence-corrected chi connectivity index (χ0v) is 24.7. The van der Waals surface area contributed by atoms with Crippen LogP contribution in [0.25, 0.3) is 0 Å². The van der Waals surface area contributed by atoms with Gasteiger partial charge in [0, 0.05) is 80.7 Å². The van der Waals surface area contributed by atoms with Crippen molar-refractivity contribution >= 4 is 29.0 Å². The molecule has 0 saturated carbocycles. The molecule has 42 heavy (non-hydrogen) atoms. The fraction of sp³-hybridized carbons (Fsp3) is 0.438. The number of rotatable bonds is 9. The van der Waals surface area contributed by atoms with Crippen molar-refractivity contribution in [3.05, 3.63) is 84.2 Å². The SMILES string of the molecule is CSc1ccc(NC(=O)CC[C@H]2CN(Cc3ccccn3)CC[C@H]2N2CCN(c3cccc(C(F)(F)F)c3)CC2)cc1. The number of nitrogens with one attached hydrogen (secondary N) is 1. The Kier molecular flexibility index (Phi) is 10.1. The van der Waals surface area contributed by atoms with E-state index in [-0.39, 0.29) is 5.91 Å². The molecular weight excluding hydrogens is 559 g/mol. The zero-order chi connectivity index (χ0) is 29.5. The summed E-state index contributed by atoms with van der Waals surface area (Å²) in [6, 6.07) is 19.8. The highest BCUT2D eigenvalue weighted by Crippen LogP contribution is 2.33. The van der Waals surface area contributed by atoms with E-state index in [4.69, 9.17) is 0 Å². The summed E-state index contributed by atoms with van der Waals surface area (Å²) in [7, 11) is 0. The van der Waals surface area contributed by atoms with Gasteiger partial charge in [0.15, 0.2) is 0 Å². The molecule has 224 valence electrons. The Hall–Kier alpha value is -3.08. The van der Waals surface area contributed by atoms with Gasteiger partial charge < -0.3 is 10.2 Å². The molecule has 2 aromatic carbocycles. The Morgan fingerprint density at radius 1 is 1.00 bits per heavy atom. The van der Waals surface area contributed by atoms with E-state index in [0.717, 1.165) is 67.9 Å². The van der Waals surface area contributed by atoms with Gasteiger partial charge in [-0.1, -0.05) is 12.1 Å². The molecule has 10 heteroatoms. The van der Waals surface area contributed by atoms with Crippen molar-refractivity contribution in [2.45, 2.75) is 42.9 Å². The molecule has 2 saturated heterocycles. The first-order valence-electron chi connectivity index (χ1n) is 14.5. The highest BCUT2D eigenvalue weighted by molar-refractivity contribution is 7.98. The second-order valence-electron chi connectivity index (χ2n) is 11.1. The third kappa shape index (κ3) is 8.05. The summed E-state index contributed by atoms with van der Waals surface area (Å²) >= 11 is 1.67. The second-order valence-corrected chi connectivity index (χ2v) is 11.9. The van der Waals surface area contributed by atoms with E-state index in [1.54, 1.807) is 17.8 Å². The number of piperidine rings is 1. The average molecular weight is 598 g/mol. The second kappa shape index (κ2) is 13.9. The number of benzene rings is 2. The molecule has 3 heterocycles. The molecule has 0 radical (unpaired) electrons. The predicted molar refractivity (Wildman–Crippen MR) is 163 cm³/mol. The molecule has 2 aliphatic rings. The van der Waals surface area contributed by atoms with Gasteiger partial charge in [-0.05, 0) is 79.6 Å². The average Bonchev–Trinajstić information content (AvgIpc) is 3.01. The molecule has 1 amide bonds. The van der Waals surface area contributed by atoms with Gasteiger partial charge >= 0.3 is 6.18 Å². The lowest BCUT2D eigenvalue weighted by Gasteiger charge is -2.47. The number of alkyl halides is 3. The van der Waals surface area contributed by atoms with Crippen molar-refractivity contribution in [2.75, 3.05) is 55.7 Å². The molecule has 5 rings (SSSR count). The number of pyridine rings is 1. The van der Waals surface area contributed by atoms with Gasteiger partial charge in [-0.25, -0.2) is 0 Å². The third-order valence-corrected chi connectivity index (χ3v) is 9.07. The van der Waals surface area contributed by atoms with Crippen molar-refractivity contribution < 1.29 is 18.0 Å². The first kappa shape index (κ1) is 30.4. The molecule has 2 aliphatic heterocycles. The number of amides is 1. The minimum atomic E-state index is -4.35. The van der Waals surface area contributed by atoms with Crippen LogP contribution in [0.2, 0.25) is 0 Å². The summed E-state index contributed by atoms with van der Waals surface area (Å²) in [5.41, 5.74) is 1.85. The van der Waals surface area contributed by atoms with Crippen LogP contribution in [0.1, 0.15) is 30.5 Å². The van der Waals surface area contributed by atoms with Gasteiger partial charge in [0.2, 0.25) is 5.91 Å². The lowest BCUT2D eigenvalue weighted by atomic mass is 9.86. The van der Waals surface area contributed by atoms with Crippen LogP contribution >= 0.6 is 11.8 Å². The molecule has 0 aliphatic carbocycles. The Bertz CT molecular complexity index is 1300. The van der Waals surface area contributed by atoms with Crippen LogP contribution in [-0.4, -0.2) is 72.3 Å². The zero-order valence-electron chi connectivity index (χ0n) is 23.9. The standard InChI is InChI=1S/C32H38F3N5OS/c1-42-29-11-9-26(10-12-29)37-31(41)13-8-24-22-38(23-27-6-2-3-15-36-27)16-14-30(24)40-19-17-39(18-20-40)28-7-4-5-25(21-28)32(33,34)35/h2-7,9-12,15,21,24,30H,8,13-14,16-20,22-23H2,1H3,(H,37,41)/t24-,30+/m0/s1. The molecule has 1 aromatic heterocycles. The van der Waals surface area contributed by atoms with Gasteiger partial charge in [-0.2, -0.15) is 13.2 Å². The van der Waals surface area contributed by atoms with Crippen molar-refractivity contribution in [2.24, 2.45) is 5.92 Å². The number of anilines is 2. The van der Waals surface area contributed by atoms with E-state index in [0.29, 0.717) is 37.2 Å². The number of carbonyl (C=O) groups is 1. The first-order chi connectivity index (χ1) is 20.3. The van der Waals surface area contributed by atoms with Gasteiger partial charge in [0.25, 0.3) is 0 Å². The minimum absolute atomic E-state index is 0.0156. The molecule has 2 fully saturated rings. The Labute approximate surface area is 250 Å². The van der Waals surface area contributed by atoms with Gasteiger partial charge in [-0.15, -0.1) is 11.8 Å². The van der Waals surface area contributed by atoms with E-state index >= 15 is 0 Å². The highest BCUT2D eigenvalue weighted by atomic mass is 32.2. The summed E-state index contributed by atoms with van der Waals surface area (Å²) in [4.78, 5) is 25.6. The number of halogens is 3. The number of likely N-dealkylation sites (tertiary alicyclic amines) is 1. The summed E-state index contributed by atoms with van der Waals surface area (Å²) in [5, 5.41) is 3.05. The summed E-state index contributed by atoms with van der Waals surface area (Å²) in [6.45, 7) is 5.52. The molecule has 0 bridgehead atoms. The highest BCUT2D eigenvalue weighted by Gasteiger charge is 2.36. The number of hydrogen-bond donors (Lipinski definition) is 1. The fourth-order valence-corrected chi connectivity index (χ4v) is 6.54. The number of thioether (sulfide) groups is 1. The van der Waals surface area contributed by atoms with Crippen LogP contribution in [0.4, 0.5) is 24.5 Å². The lowest BCUT2D eigenvalue weighted by Crippen LogP contribution is -2.56. The molecule has 0 unspecified atom stereocenters. The van der Waals surface area contributed by atoms with E-state index in [9.17, 15) is 18.0 Å². The quantitative estimate of drug-likeness (QED) is 0.294.